The largest absolute Gasteiger partial charge is 0.323 e. The Hall–Kier alpha value is -2.29. The normalized spacial score (nSPS) is 16.0. The summed E-state index contributed by atoms with van der Waals surface area (Å²) < 4.78 is 41.3. The van der Waals surface area contributed by atoms with Gasteiger partial charge < -0.3 is 5.32 Å². The van der Waals surface area contributed by atoms with Gasteiger partial charge in [0.15, 0.2) is 22.6 Å². The third-order valence-corrected chi connectivity index (χ3v) is 5.13. The number of hydrogen-bond donors (Lipinski definition) is 1. The van der Waals surface area contributed by atoms with E-state index in [2.05, 4.69) is 10.3 Å². The van der Waals surface area contributed by atoms with Crippen molar-refractivity contribution in [2.75, 3.05) is 11.1 Å². The van der Waals surface area contributed by atoms with Crippen molar-refractivity contribution >= 4 is 23.4 Å². The molecule has 1 N–H and O–H groups in total. The van der Waals surface area contributed by atoms with Gasteiger partial charge in [0.05, 0.1) is 17.4 Å². The van der Waals surface area contributed by atoms with E-state index < -0.39 is 35.1 Å². The van der Waals surface area contributed by atoms with Gasteiger partial charge in [0.2, 0.25) is 5.91 Å². The number of nitrogens with zero attached hydrogens (tertiary/aromatic N) is 2. The first-order valence-electron chi connectivity index (χ1n) is 7.97. The number of amides is 1. The molecule has 3 rings (SSSR count). The zero-order valence-corrected chi connectivity index (χ0v) is 14.9. The SMILES string of the molecule is CC(C)c1cc(=O)n2c(n1)SCC2CC(=O)Nc1ccc(F)c(F)c1F. The number of anilines is 1. The van der Waals surface area contributed by atoms with Gasteiger partial charge in [0, 0.05) is 18.2 Å². The molecule has 9 heteroatoms. The average molecular weight is 383 g/mol. The average Bonchev–Trinajstić information content (AvgIpc) is 2.98. The third-order valence-electron chi connectivity index (χ3n) is 4.03. The Morgan fingerprint density at radius 2 is 2.08 bits per heavy atom. The summed E-state index contributed by atoms with van der Waals surface area (Å²) in [7, 11) is 0. The van der Waals surface area contributed by atoms with Crippen LogP contribution in [-0.4, -0.2) is 21.2 Å². The Kier molecular flexibility index (Phi) is 5.08. The molecule has 2 heterocycles. The molecule has 5 nitrogen and oxygen atoms in total. The molecule has 0 spiro atoms. The number of rotatable bonds is 4. The van der Waals surface area contributed by atoms with E-state index in [-0.39, 0.29) is 17.9 Å². The summed E-state index contributed by atoms with van der Waals surface area (Å²) in [6.45, 7) is 3.86. The Morgan fingerprint density at radius 3 is 2.77 bits per heavy atom. The molecule has 0 aliphatic carbocycles. The van der Waals surface area contributed by atoms with Crippen molar-refractivity contribution in [1.29, 1.82) is 0 Å². The Balaban J connectivity index is 1.77. The highest BCUT2D eigenvalue weighted by molar-refractivity contribution is 7.99. The van der Waals surface area contributed by atoms with E-state index in [1.807, 2.05) is 13.8 Å². The molecule has 2 aromatic rings. The highest BCUT2D eigenvalue weighted by Gasteiger charge is 2.28. The number of fused-ring (bicyclic) bond motifs is 1. The molecule has 0 fully saturated rings. The predicted molar refractivity (Wildman–Crippen MR) is 91.9 cm³/mol. The number of halogens is 3. The second kappa shape index (κ2) is 7.14. The molecular weight excluding hydrogens is 367 g/mol. The van der Waals surface area contributed by atoms with Crippen molar-refractivity contribution in [2.45, 2.75) is 37.4 Å². The van der Waals surface area contributed by atoms with Crippen molar-refractivity contribution in [2.24, 2.45) is 0 Å². The van der Waals surface area contributed by atoms with Crippen LogP contribution >= 0.6 is 11.8 Å². The number of thioether (sulfide) groups is 1. The summed E-state index contributed by atoms with van der Waals surface area (Å²) in [5.41, 5.74) is -0.0105. The van der Waals surface area contributed by atoms with Crippen LogP contribution in [0.5, 0.6) is 0 Å². The van der Waals surface area contributed by atoms with Crippen molar-refractivity contribution in [1.82, 2.24) is 9.55 Å². The number of nitrogens with one attached hydrogen (secondary N) is 1. The highest BCUT2D eigenvalue weighted by Crippen LogP contribution is 2.33. The van der Waals surface area contributed by atoms with Crippen LogP contribution in [0.15, 0.2) is 28.2 Å². The maximum atomic E-state index is 13.7. The van der Waals surface area contributed by atoms with Gasteiger partial charge in [-0.25, -0.2) is 18.2 Å². The standard InChI is InChI=1S/C17H16F3N3O2S/c1-8(2)12-6-14(25)23-9(7-26-17(23)22-12)5-13(24)21-11-4-3-10(18)15(19)16(11)20/h3-4,6,8-9H,5,7H2,1-2H3,(H,21,24). The molecule has 138 valence electrons. The van der Waals surface area contributed by atoms with Crippen LogP contribution in [0.25, 0.3) is 0 Å². The van der Waals surface area contributed by atoms with Gasteiger partial charge in [0.1, 0.15) is 0 Å². The molecule has 0 saturated carbocycles. The minimum atomic E-state index is -1.65. The summed E-state index contributed by atoms with van der Waals surface area (Å²) in [4.78, 5) is 29.0. The third kappa shape index (κ3) is 3.48. The molecule has 1 aromatic carbocycles. The lowest BCUT2D eigenvalue weighted by atomic mass is 10.1. The smallest absolute Gasteiger partial charge is 0.254 e. The fourth-order valence-electron chi connectivity index (χ4n) is 2.65. The summed E-state index contributed by atoms with van der Waals surface area (Å²) in [6, 6.07) is 2.69. The van der Waals surface area contributed by atoms with E-state index in [9.17, 15) is 22.8 Å². The minimum Gasteiger partial charge on any atom is -0.323 e. The van der Waals surface area contributed by atoms with Gasteiger partial charge in [-0.15, -0.1) is 0 Å². The minimum absolute atomic E-state index is 0.105. The van der Waals surface area contributed by atoms with Crippen LogP contribution in [0.3, 0.4) is 0 Å². The quantitative estimate of drug-likeness (QED) is 0.649. The predicted octanol–water partition coefficient (Wildman–Crippen LogP) is 3.46. The number of carbonyl (C=O) groups is 1. The van der Waals surface area contributed by atoms with Gasteiger partial charge in [-0.1, -0.05) is 25.6 Å². The van der Waals surface area contributed by atoms with Crippen molar-refractivity contribution in [3.05, 3.63) is 51.7 Å². The van der Waals surface area contributed by atoms with Crippen LogP contribution in [0, 0.1) is 17.5 Å². The topological polar surface area (TPSA) is 64.0 Å². The van der Waals surface area contributed by atoms with E-state index in [1.165, 1.54) is 22.4 Å². The molecule has 1 aliphatic rings. The second-order valence-electron chi connectivity index (χ2n) is 6.27. The van der Waals surface area contributed by atoms with Crippen LogP contribution in [0.1, 0.15) is 37.9 Å². The molecule has 1 aromatic heterocycles. The lowest BCUT2D eigenvalue weighted by Gasteiger charge is -2.14. The van der Waals surface area contributed by atoms with Crippen LogP contribution < -0.4 is 10.9 Å². The van der Waals surface area contributed by atoms with E-state index >= 15 is 0 Å². The van der Waals surface area contributed by atoms with Gasteiger partial charge in [0.25, 0.3) is 5.56 Å². The molecule has 1 unspecified atom stereocenters. The first-order chi connectivity index (χ1) is 12.3. The maximum absolute atomic E-state index is 13.7. The summed E-state index contributed by atoms with van der Waals surface area (Å²) in [6.07, 6.45) is -0.110. The Bertz CT molecular complexity index is 930. The first-order valence-corrected chi connectivity index (χ1v) is 8.96. The molecule has 0 saturated heterocycles. The Morgan fingerprint density at radius 1 is 1.35 bits per heavy atom. The second-order valence-corrected chi connectivity index (χ2v) is 7.25. The molecule has 1 aliphatic heterocycles. The molecule has 1 amide bonds. The van der Waals surface area contributed by atoms with E-state index in [4.69, 9.17) is 0 Å². The van der Waals surface area contributed by atoms with Crippen molar-refractivity contribution in [3.63, 3.8) is 0 Å². The van der Waals surface area contributed by atoms with Gasteiger partial charge >= 0.3 is 0 Å². The molecular formula is C17H16F3N3O2S. The summed E-state index contributed by atoms with van der Waals surface area (Å²) in [5, 5.41) is 2.76. The highest BCUT2D eigenvalue weighted by atomic mass is 32.2. The molecule has 26 heavy (non-hydrogen) atoms. The Labute approximate surface area is 151 Å². The fourth-order valence-corrected chi connectivity index (χ4v) is 3.81. The lowest BCUT2D eigenvalue weighted by Crippen LogP contribution is -2.28. The van der Waals surface area contributed by atoms with Gasteiger partial charge in [-0.2, -0.15) is 0 Å². The summed E-state index contributed by atoms with van der Waals surface area (Å²) in [5.74, 6) is -4.47. The van der Waals surface area contributed by atoms with Crippen LogP contribution in [0.2, 0.25) is 0 Å². The van der Waals surface area contributed by atoms with E-state index in [0.29, 0.717) is 16.6 Å². The molecule has 0 bridgehead atoms. The van der Waals surface area contributed by atoms with Crippen LogP contribution in [0.4, 0.5) is 18.9 Å². The molecule has 1 atom stereocenters. The summed E-state index contributed by atoms with van der Waals surface area (Å²) >= 11 is 1.37. The van der Waals surface area contributed by atoms with Crippen LogP contribution in [-0.2, 0) is 4.79 Å². The number of carbonyl (C=O) groups excluding carboxylic acids is 1. The number of hydrogen-bond acceptors (Lipinski definition) is 4. The fraction of sp³-hybridized carbons (Fsp3) is 0.353. The van der Waals surface area contributed by atoms with E-state index in [1.54, 1.807) is 0 Å². The maximum Gasteiger partial charge on any atom is 0.254 e. The zero-order valence-electron chi connectivity index (χ0n) is 14.1. The zero-order chi connectivity index (χ0) is 19.0. The molecule has 0 radical (unpaired) electrons. The van der Waals surface area contributed by atoms with Gasteiger partial charge in [-0.05, 0) is 18.1 Å². The van der Waals surface area contributed by atoms with Crippen molar-refractivity contribution < 1.29 is 18.0 Å². The number of aromatic nitrogens is 2. The lowest BCUT2D eigenvalue weighted by molar-refractivity contribution is -0.116. The van der Waals surface area contributed by atoms with Crippen molar-refractivity contribution in [3.8, 4) is 0 Å². The first kappa shape index (κ1) is 18.5. The van der Waals surface area contributed by atoms with E-state index in [0.717, 1.165) is 12.1 Å². The number of benzene rings is 1. The monoisotopic (exact) mass is 383 g/mol. The van der Waals surface area contributed by atoms with Gasteiger partial charge in [-0.3, -0.25) is 14.2 Å².